The number of halogens is 3. The number of aromatic nitrogens is 2. The van der Waals surface area contributed by atoms with Crippen LogP contribution in [0.5, 0.6) is 0 Å². The molecule has 3 aromatic carbocycles. The van der Waals surface area contributed by atoms with Crippen LogP contribution in [0.15, 0.2) is 82.7 Å². The number of benzene rings is 3. The first kappa shape index (κ1) is 21.6. The molecule has 6 nitrogen and oxygen atoms in total. The van der Waals surface area contributed by atoms with Crippen LogP contribution in [-0.4, -0.2) is 24.5 Å². The molecule has 32 heavy (non-hydrogen) atoms. The van der Waals surface area contributed by atoms with E-state index in [1.807, 2.05) is 0 Å². The average molecular weight is 459 g/mol. The van der Waals surface area contributed by atoms with E-state index >= 15 is 0 Å². The first-order valence-corrected chi connectivity index (χ1v) is 10.9. The summed E-state index contributed by atoms with van der Waals surface area (Å²) in [7, 11) is -4.12. The second-order valence-corrected chi connectivity index (χ2v) is 8.98. The Hall–Kier alpha value is -3.66. The summed E-state index contributed by atoms with van der Waals surface area (Å²) in [6.07, 6.45) is -3.04. The summed E-state index contributed by atoms with van der Waals surface area (Å²) in [6.45, 7) is 0.145. The molecule has 10 heteroatoms. The van der Waals surface area contributed by atoms with Gasteiger partial charge in [-0.3, -0.25) is 9.89 Å². The largest absolute Gasteiger partial charge is 0.416 e. The van der Waals surface area contributed by atoms with Gasteiger partial charge in [-0.1, -0.05) is 18.2 Å². The Morgan fingerprint density at radius 1 is 0.969 bits per heavy atom. The van der Waals surface area contributed by atoms with Crippen molar-refractivity contribution in [3.63, 3.8) is 0 Å². The zero-order valence-corrected chi connectivity index (χ0v) is 17.2. The van der Waals surface area contributed by atoms with E-state index in [9.17, 15) is 26.4 Å². The van der Waals surface area contributed by atoms with Crippen molar-refractivity contribution in [2.45, 2.75) is 22.5 Å². The summed E-state index contributed by atoms with van der Waals surface area (Å²) in [5, 5.41) is 10.2. The third kappa shape index (κ3) is 4.35. The Balaban J connectivity index is 1.47. The molecule has 0 fully saturated rings. The molecule has 0 aliphatic heterocycles. The summed E-state index contributed by atoms with van der Waals surface area (Å²) in [6, 6.07) is 14.3. The predicted octanol–water partition coefficient (Wildman–Crippen LogP) is 4.34. The number of H-pyrrole nitrogens is 1. The smallest absolute Gasteiger partial charge is 0.348 e. The van der Waals surface area contributed by atoms with Crippen molar-refractivity contribution in [1.82, 2.24) is 15.5 Å². The van der Waals surface area contributed by atoms with Crippen LogP contribution in [0.2, 0.25) is 0 Å². The number of amides is 1. The maximum atomic E-state index is 12.9. The van der Waals surface area contributed by atoms with Gasteiger partial charge in [-0.25, -0.2) is 8.42 Å². The van der Waals surface area contributed by atoms with Crippen molar-refractivity contribution in [2.75, 3.05) is 0 Å². The van der Waals surface area contributed by atoms with Crippen LogP contribution in [-0.2, 0) is 22.6 Å². The molecule has 0 spiro atoms. The van der Waals surface area contributed by atoms with E-state index in [1.165, 1.54) is 24.3 Å². The van der Waals surface area contributed by atoms with E-state index in [-0.39, 0.29) is 17.3 Å². The highest BCUT2D eigenvalue weighted by Crippen LogP contribution is 2.32. The number of alkyl halides is 3. The minimum atomic E-state index is -4.64. The minimum Gasteiger partial charge on any atom is -0.348 e. The van der Waals surface area contributed by atoms with Gasteiger partial charge >= 0.3 is 6.18 Å². The van der Waals surface area contributed by atoms with Crippen LogP contribution < -0.4 is 5.32 Å². The number of rotatable bonds is 5. The summed E-state index contributed by atoms with van der Waals surface area (Å²) in [5.74, 6) is -0.311. The van der Waals surface area contributed by atoms with Gasteiger partial charge in [0.05, 0.1) is 27.1 Å². The molecule has 1 heterocycles. The van der Waals surface area contributed by atoms with Crippen LogP contribution in [0.1, 0.15) is 21.5 Å². The molecule has 0 atom stereocenters. The molecule has 0 unspecified atom stereocenters. The Kier molecular flexibility index (Phi) is 5.47. The summed E-state index contributed by atoms with van der Waals surface area (Å²) >= 11 is 0. The number of nitrogens with one attached hydrogen (secondary N) is 2. The quantitative estimate of drug-likeness (QED) is 0.464. The number of hydrogen-bond acceptors (Lipinski definition) is 4. The molecule has 2 N–H and O–H groups in total. The first-order valence-electron chi connectivity index (χ1n) is 9.37. The third-order valence-corrected chi connectivity index (χ3v) is 6.63. The molecule has 0 saturated heterocycles. The maximum Gasteiger partial charge on any atom is 0.416 e. The zero-order valence-electron chi connectivity index (χ0n) is 16.3. The fourth-order valence-electron chi connectivity index (χ4n) is 3.13. The molecule has 0 saturated carbocycles. The van der Waals surface area contributed by atoms with Crippen molar-refractivity contribution in [3.8, 4) is 0 Å². The average Bonchev–Trinajstić information content (AvgIpc) is 3.25. The number of sulfone groups is 1. The highest BCUT2D eigenvalue weighted by atomic mass is 32.2. The van der Waals surface area contributed by atoms with Gasteiger partial charge in [0, 0.05) is 17.5 Å². The topological polar surface area (TPSA) is 91.9 Å². The maximum absolute atomic E-state index is 12.9. The third-order valence-electron chi connectivity index (χ3n) is 4.86. The number of nitrogens with zero attached hydrogens (tertiary/aromatic N) is 1. The van der Waals surface area contributed by atoms with Gasteiger partial charge < -0.3 is 5.32 Å². The van der Waals surface area contributed by atoms with Crippen LogP contribution >= 0.6 is 0 Å². The van der Waals surface area contributed by atoms with E-state index in [0.717, 1.165) is 29.1 Å². The molecular formula is C22H16F3N3O3S. The zero-order chi connectivity index (χ0) is 22.9. The fourth-order valence-corrected chi connectivity index (χ4v) is 4.44. The lowest BCUT2D eigenvalue weighted by molar-refractivity contribution is -0.137. The second-order valence-electron chi connectivity index (χ2n) is 7.03. The first-order chi connectivity index (χ1) is 15.1. The molecule has 4 aromatic rings. The molecule has 0 aliphatic carbocycles. The lowest BCUT2D eigenvalue weighted by Crippen LogP contribution is -2.22. The monoisotopic (exact) mass is 459 g/mol. The molecule has 0 bridgehead atoms. The standard InChI is InChI=1S/C22H16F3N3O3S/c23-22(24,25)17-2-1-3-19(11-17)32(30,31)18-7-4-14(5-8-18)12-26-21(29)15-6-9-20-16(10-15)13-27-28-20/h1-11,13H,12H2,(H,26,29)(H,27,28). The van der Waals surface area contributed by atoms with E-state index in [4.69, 9.17) is 0 Å². The number of carbonyl (C=O) groups is 1. The molecule has 0 radical (unpaired) electrons. The van der Waals surface area contributed by atoms with Crippen molar-refractivity contribution < 1.29 is 26.4 Å². The molecule has 4 rings (SSSR count). The van der Waals surface area contributed by atoms with E-state index in [1.54, 1.807) is 24.4 Å². The summed E-state index contributed by atoms with van der Waals surface area (Å²) < 4.78 is 64.2. The number of hydrogen-bond donors (Lipinski definition) is 2. The van der Waals surface area contributed by atoms with Gasteiger partial charge in [0.1, 0.15) is 0 Å². The van der Waals surface area contributed by atoms with Gasteiger partial charge in [0.25, 0.3) is 5.91 Å². The van der Waals surface area contributed by atoms with Crippen molar-refractivity contribution in [2.24, 2.45) is 0 Å². The highest BCUT2D eigenvalue weighted by Gasteiger charge is 2.32. The van der Waals surface area contributed by atoms with Crippen LogP contribution in [0.4, 0.5) is 13.2 Å². The Morgan fingerprint density at radius 3 is 2.44 bits per heavy atom. The summed E-state index contributed by atoms with van der Waals surface area (Å²) in [4.78, 5) is 11.8. The highest BCUT2D eigenvalue weighted by molar-refractivity contribution is 7.91. The normalized spacial score (nSPS) is 12.1. The van der Waals surface area contributed by atoms with Crippen LogP contribution in [0, 0.1) is 0 Å². The molecular weight excluding hydrogens is 443 g/mol. The molecule has 164 valence electrons. The fraction of sp³-hybridized carbons (Fsp3) is 0.0909. The lowest BCUT2D eigenvalue weighted by Gasteiger charge is -2.10. The SMILES string of the molecule is O=C(NCc1ccc(S(=O)(=O)c2cccc(C(F)(F)F)c2)cc1)c1ccc2[nH]ncc2c1. The molecule has 1 aromatic heterocycles. The van der Waals surface area contributed by atoms with Gasteiger partial charge in [-0.05, 0) is 54.1 Å². The lowest BCUT2D eigenvalue weighted by atomic mass is 10.1. The number of carbonyl (C=O) groups excluding carboxylic acids is 1. The molecule has 1 amide bonds. The van der Waals surface area contributed by atoms with E-state index in [2.05, 4.69) is 15.5 Å². The van der Waals surface area contributed by atoms with Crippen molar-refractivity contribution in [3.05, 3.63) is 89.6 Å². The second kappa shape index (κ2) is 8.12. The van der Waals surface area contributed by atoms with Gasteiger partial charge in [0.2, 0.25) is 9.84 Å². The minimum absolute atomic E-state index is 0.141. The number of aromatic amines is 1. The van der Waals surface area contributed by atoms with Crippen LogP contribution in [0.3, 0.4) is 0 Å². The van der Waals surface area contributed by atoms with Gasteiger partial charge in [-0.15, -0.1) is 0 Å². The van der Waals surface area contributed by atoms with Crippen LogP contribution in [0.25, 0.3) is 10.9 Å². The Bertz CT molecular complexity index is 1400. The Morgan fingerprint density at radius 2 is 1.72 bits per heavy atom. The van der Waals surface area contributed by atoms with E-state index < -0.39 is 26.5 Å². The molecule has 0 aliphatic rings. The Labute approximate surface area is 181 Å². The van der Waals surface area contributed by atoms with Crippen molar-refractivity contribution in [1.29, 1.82) is 0 Å². The summed E-state index contributed by atoms with van der Waals surface area (Å²) in [5.41, 5.74) is 0.846. The number of fused-ring (bicyclic) bond motifs is 1. The predicted molar refractivity (Wildman–Crippen MR) is 111 cm³/mol. The van der Waals surface area contributed by atoms with E-state index in [0.29, 0.717) is 17.2 Å². The van der Waals surface area contributed by atoms with Gasteiger partial charge in [-0.2, -0.15) is 18.3 Å². The van der Waals surface area contributed by atoms with Crippen molar-refractivity contribution >= 4 is 26.6 Å². The van der Waals surface area contributed by atoms with Gasteiger partial charge in [0.15, 0.2) is 0 Å².